The van der Waals surface area contributed by atoms with E-state index in [9.17, 15) is 13.2 Å². The first-order valence-corrected chi connectivity index (χ1v) is 5.92. The summed E-state index contributed by atoms with van der Waals surface area (Å²) in [5.74, 6) is -0.0934. The Morgan fingerprint density at radius 2 is 1.89 bits per heavy atom. The Labute approximate surface area is 105 Å². The largest absolute Gasteiger partial charge is 0.493 e. The van der Waals surface area contributed by atoms with Gasteiger partial charge in [0, 0.05) is 6.54 Å². The Balaban J connectivity index is 2.52. The van der Waals surface area contributed by atoms with Crippen LogP contribution in [0.25, 0.3) is 0 Å². The summed E-state index contributed by atoms with van der Waals surface area (Å²) in [6.07, 6.45) is -3.66. The van der Waals surface area contributed by atoms with Crippen LogP contribution in [0, 0.1) is 0 Å². The third kappa shape index (κ3) is 4.56. The van der Waals surface area contributed by atoms with Crippen molar-refractivity contribution in [2.75, 3.05) is 26.7 Å². The van der Waals surface area contributed by atoms with Crippen LogP contribution in [0.5, 0.6) is 5.75 Å². The quantitative estimate of drug-likeness (QED) is 0.727. The fraction of sp³-hybridized carbons (Fsp3) is 0.538. The second-order valence-corrected chi connectivity index (χ2v) is 4.09. The van der Waals surface area contributed by atoms with Crippen LogP contribution in [0.1, 0.15) is 18.9 Å². The normalized spacial score (nSPS) is 11.9. The van der Waals surface area contributed by atoms with Gasteiger partial charge in [-0.15, -0.1) is 0 Å². The predicted molar refractivity (Wildman–Crippen MR) is 64.7 cm³/mol. The van der Waals surface area contributed by atoms with E-state index in [1.54, 1.807) is 6.07 Å². The zero-order valence-electron chi connectivity index (χ0n) is 10.6. The van der Waals surface area contributed by atoms with E-state index in [1.807, 2.05) is 14.0 Å². The maximum Gasteiger partial charge on any atom is 0.419 e. The molecule has 0 amide bonds. The molecule has 0 N–H and O–H groups in total. The average molecular weight is 261 g/mol. The van der Waals surface area contributed by atoms with E-state index in [2.05, 4.69) is 4.90 Å². The van der Waals surface area contributed by atoms with Gasteiger partial charge in [0.25, 0.3) is 0 Å². The Morgan fingerprint density at radius 1 is 1.22 bits per heavy atom. The van der Waals surface area contributed by atoms with Gasteiger partial charge in [-0.1, -0.05) is 19.1 Å². The van der Waals surface area contributed by atoms with E-state index in [0.29, 0.717) is 6.42 Å². The summed E-state index contributed by atoms with van der Waals surface area (Å²) in [5.41, 5.74) is -0.714. The zero-order valence-corrected chi connectivity index (χ0v) is 10.6. The topological polar surface area (TPSA) is 12.5 Å². The van der Waals surface area contributed by atoms with Crippen molar-refractivity contribution in [3.05, 3.63) is 29.8 Å². The molecule has 0 bridgehead atoms. The molecule has 102 valence electrons. The van der Waals surface area contributed by atoms with Gasteiger partial charge in [0.1, 0.15) is 5.75 Å². The third-order valence-corrected chi connectivity index (χ3v) is 2.67. The van der Waals surface area contributed by atoms with Crippen LogP contribution < -0.4 is 4.74 Å². The fourth-order valence-electron chi connectivity index (χ4n) is 1.50. The Hall–Kier alpha value is -1.23. The molecule has 1 aromatic rings. The number of hydrogen-bond donors (Lipinski definition) is 0. The highest BCUT2D eigenvalue weighted by molar-refractivity contribution is 5.35. The molecule has 0 heterocycles. The Kier molecular flexibility index (Phi) is 5.47. The first-order chi connectivity index (χ1) is 8.45. The van der Waals surface area contributed by atoms with Gasteiger partial charge in [-0.3, -0.25) is 0 Å². The molecule has 0 radical (unpaired) electrons. The van der Waals surface area contributed by atoms with E-state index in [1.165, 1.54) is 12.1 Å². The van der Waals surface area contributed by atoms with Crippen LogP contribution in [0.15, 0.2) is 24.3 Å². The SMILES string of the molecule is CCN(C)CCCOc1ccccc1C(F)(F)F. The van der Waals surface area contributed by atoms with E-state index < -0.39 is 11.7 Å². The predicted octanol–water partition coefficient (Wildman–Crippen LogP) is 3.43. The number of para-hydroxylation sites is 1. The first-order valence-electron chi connectivity index (χ1n) is 5.92. The Morgan fingerprint density at radius 3 is 2.50 bits per heavy atom. The third-order valence-electron chi connectivity index (χ3n) is 2.67. The molecule has 0 unspecified atom stereocenters. The monoisotopic (exact) mass is 261 g/mol. The smallest absolute Gasteiger partial charge is 0.419 e. The number of halogens is 3. The first kappa shape index (κ1) is 14.8. The number of nitrogens with zero attached hydrogens (tertiary/aromatic N) is 1. The summed E-state index contributed by atoms with van der Waals surface area (Å²) < 4.78 is 43.2. The molecule has 1 aromatic carbocycles. The van der Waals surface area contributed by atoms with Crippen molar-refractivity contribution < 1.29 is 17.9 Å². The van der Waals surface area contributed by atoms with Gasteiger partial charge in [0.15, 0.2) is 0 Å². The number of ether oxygens (including phenoxy) is 1. The van der Waals surface area contributed by atoms with Crippen LogP contribution in [-0.2, 0) is 6.18 Å². The molecule has 0 atom stereocenters. The second kappa shape index (κ2) is 6.64. The maximum absolute atomic E-state index is 12.7. The number of benzene rings is 1. The molecule has 0 aliphatic rings. The number of hydrogen-bond acceptors (Lipinski definition) is 2. The molecule has 5 heteroatoms. The zero-order chi connectivity index (χ0) is 13.6. The van der Waals surface area contributed by atoms with Gasteiger partial charge in [-0.2, -0.15) is 13.2 Å². The van der Waals surface area contributed by atoms with Gasteiger partial charge in [-0.05, 0) is 32.1 Å². The lowest BCUT2D eigenvalue weighted by Gasteiger charge is -2.16. The molecular formula is C13H18F3NO. The summed E-state index contributed by atoms with van der Waals surface area (Å²) >= 11 is 0. The standard InChI is InChI=1S/C13H18F3NO/c1-3-17(2)9-6-10-18-12-8-5-4-7-11(12)13(14,15)16/h4-5,7-8H,3,6,9-10H2,1-2H3. The minimum Gasteiger partial charge on any atom is -0.493 e. The molecule has 0 saturated heterocycles. The van der Waals surface area contributed by atoms with Crippen molar-refractivity contribution in [2.45, 2.75) is 19.5 Å². The summed E-state index contributed by atoms with van der Waals surface area (Å²) in [6.45, 7) is 4.04. The van der Waals surface area contributed by atoms with Crippen molar-refractivity contribution >= 4 is 0 Å². The van der Waals surface area contributed by atoms with Gasteiger partial charge < -0.3 is 9.64 Å². The van der Waals surface area contributed by atoms with Crippen LogP contribution in [-0.4, -0.2) is 31.6 Å². The minimum absolute atomic E-state index is 0.0934. The lowest BCUT2D eigenvalue weighted by atomic mass is 10.2. The molecule has 2 nitrogen and oxygen atoms in total. The highest BCUT2D eigenvalue weighted by Crippen LogP contribution is 2.35. The van der Waals surface area contributed by atoms with Crippen molar-refractivity contribution in [1.82, 2.24) is 4.90 Å². The van der Waals surface area contributed by atoms with Crippen molar-refractivity contribution in [1.29, 1.82) is 0 Å². The van der Waals surface area contributed by atoms with Gasteiger partial charge in [0.2, 0.25) is 0 Å². The molecule has 0 fully saturated rings. The fourth-order valence-corrected chi connectivity index (χ4v) is 1.50. The van der Waals surface area contributed by atoms with Crippen LogP contribution in [0.3, 0.4) is 0 Å². The summed E-state index contributed by atoms with van der Waals surface area (Å²) in [4.78, 5) is 2.08. The van der Waals surface area contributed by atoms with Crippen molar-refractivity contribution in [3.63, 3.8) is 0 Å². The Bertz CT molecular complexity index is 365. The molecule has 18 heavy (non-hydrogen) atoms. The van der Waals surface area contributed by atoms with Crippen LogP contribution in [0.2, 0.25) is 0 Å². The van der Waals surface area contributed by atoms with Crippen molar-refractivity contribution in [2.24, 2.45) is 0 Å². The lowest BCUT2D eigenvalue weighted by Crippen LogP contribution is -2.20. The highest BCUT2D eigenvalue weighted by atomic mass is 19.4. The summed E-state index contributed by atoms with van der Waals surface area (Å²) in [7, 11) is 1.96. The number of rotatable bonds is 6. The van der Waals surface area contributed by atoms with Gasteiger partial charge >= 0.3 is 6.18 Å². The van der Waals surface area contributed by atoms with Gasteiger partial charge in [-0.25, -0.2) is 0 Å². The molecular weight excluding hydrogens is 243 g/mol. The minimum atomic E-state index is -4.36. The molecule has 0 aliphatic carbocycles. The molecule has 0 aromatic heterocycles. The summed E-state index contributed by atoms with van der Waals surface area (Å²) in [5, 5.41) is 0. The van der Waals surface area contributed by atoms with Crippen molar-refractivity contribution in [3.8, 4) is 5.75 Å². The van der Waals surface area contributed by atoms with E-state index in [-0.39, 0.29) is 12.4 Å². The maximum atomic E-state index is 12.7. The van der Waals surface area contributed by atoms with E-state index in [0.717, 1.165) is 19.2 Å². The molecule has 0 spiro atoms. The van der Waals surface area contributed by atoms with E-state index >= 15 is 0 Å². The molecule has 0 aliphatic heterocycles. The molecule has 1 rings (SSSR count). The highest BCUT2D eigenvalue weighted by Gasteiger charge is 2.33. The lowest BCUT2D eigenvalue weighted by molar-refractivity contribution is -0.138. The van der Waals surface area contributed by atoms with Crippen LogP contribution >= 0.6 is 0 Å². The molecule has 0 saturated carbocycles. The van der Waals surface area contributed by atoms with Crippen LogP contribution in [0.4, 0.5) is 13.2 Å². The summed E-state index contributed by atoms with van der Waals surface area (Å²) in [6, 6.07) is 5.29. The number of alkyl halides is 3. The average Bonchev–Trinajstić information content (AvgIpc) is 2.33. The van der Waals surface area contributed by atoms with E-state index in [4.69, 9.17) is 4.74 Å². The van der Waals surface area contributed by atoms with Gasteiger partial charge in [0.05, 0.1) is 12.2 Å². The second-order valence-electron chi connectivity index (χ2n) is 4.09.